The summed E-state index contributed by atoms with van der Waals surface area (Å²) in [6.07, 6.45) is 5.32. The first-order valence-corrected chi connectivity index (χ1v) is 17.3. The zero-order chi connectivity index (χ0) is 36.0. The summed E-state index contributed by atoms with van der Waals surface area (Å²) in [5.74, 6) is 0.432. The number of nitrogens with one attached hydrogen (secondary N) is 2. The lowest BCUT2D eigenvalue weighted by atomic mass is 10.1. The second kappa shape index (κ2) is 19.1. The van der Waals surface area contributed by atoms with Gasteiger partial charge in [0.25, 0.3) is 0 Å². The van der Waals surface area contributed by atoms with E-state index in [0.29, 0.717) is 62.5 Å². The summed E-state index contributed by atoms with van der Waals surface area (Å²) < 4.78 is 26.7. The van der Waals surface area contributed by atoms with Gasteiger partial charge in [0.2, 0.25) is 29.5 Å². The summed E-state index contributed by atoms with van der Waals surface area (Å²) in [7, 11) is 3.15. The third-order valence-electron chi connectivity index (χ3n) is 8.93. The zero-order valence-corrected chi connectivity index (χ0v) is 29.3. The molecule has 2 aromatic carbocycles. The molecule has 51 heavy (non-hydrogen) atoms. The van der Waals surface area contributed by atoms with E-state index in [1.807, 2.05) is 24.3 Å². The van der Waals surface area contributed by atoms with Crippen LogP contribution in [-0.4, -0.2) is 117 Å². The van der Waals surface area contributed by atoms with E-state index in [2.05, 4.69) is 15.6 Å². The molecule has 274 valence electrons. The first-order valence-electron chi connectivity index (χ1n) is 17.3. The number of amides is 4. The Morgan fingerprint density at radius 3 is 1.65 bits per heavy atom. The molecule has 0 bridgehead atoms. The third kappa shape index (κ3) is 10.9. The fourth-order valence-electron chi connectivity index (χ4n) is 6.33. The Kier molecular flexibility index (Phi) is 14.1. The van der Waals surface area contributed by atoms with Gasteiger partial charge in [0.1, 0.15) is 13.2 Å². The lowest BCUT2D eigenvalue weighted by molar-refractivity contribution is -0.138. The number of rotatable bonds is 18. The highest BCUT2D eigenvalue weighted by Gasteiger charge is 2.31. The molecular formula is C37H47N5O9. The van der Waals surface area contributed by atoms with Crippen LogP contribution in [0.1, 0.15) is 38.5 Å². The van der Waals surface area contributed by atoms with E-state index >= 15 is 0 Å². The van der Waals surface area contributed by atoms with Crippen molar-refractivity contribution in [2.45, 2.75) is 50.6 Å². The molecular weight excluding hydrogens is 658 g/mol. The van der Waals surface area contributed by atoms with Gasteiger partial charge in [0, 0.05) is 74.7 Å². The van der Waals surface area contributed by atoms with Crippen LogP contribution in [0.15, 0.2) is 59.1 Å². The third-order valence-corrected chi connectivity index (χ3v) is 8.93. The number of anilines is 2. The van der Waals surface area contributed by atoms with E-state index in [4.69, 9.17) is 23.4 Å². The maximum atomic E-state index is 12.8. The van der Waals surface area contributed by atoms with Crippen molar-refractivity contribution in [1.29, 1.82) is 0 Å². The SMILES string of the molecule is COCCOCC(=O)N1CCCC1CC(=O)Nc1ccc(-c2cnc(-c3ccc(NC(=O)CC4CCCN4C(=O)COCCOC)cc3)o2)cc1. The van der Waals surface area contributed by atoms with Gasteiger partial charge in [-0.15, -0.1) is 0 Å². The van der Waals surface area contributed by atoms with Gasteiger partial charge in [0.05, 0.1) is 32.6 Å². The molecule has 2 aliphatic heterocycles. The summed E-state index contributed by atoms with van der Waals surface area (Å²) >= 11 is 0. The van der Waals surface area contributed by atoms with Crippen molar-refractivity contribution in [1.82, 2.24) is 14.8 Å². The number of likely N-dealkylation sites (tertiary alicyclic amines) is 2. The molecule has 3 aromatic rings. The van der Waals surface area contributed by atoms with E-state index < -0.39 is 0 Å². The van der Waals surface area contributed by atoms with Crippen LogP contribution in [0, 0.1) is 0 Å². The molecule has 2 fully saturated rings. The summed E-state index contributed by atoms with van der Waals surface area (Å²) in [5, 5.41) is 5.85. The fourth-order valence-corrected chi connectivity index (χ4v) is 6.33. The molecule has 2 N–H and O–H groups in total. The lowest BCUT2D eigenvalue weighted by Gasteiger charge is -2.24. The van der Waals surface area contributed by atoms with Crippen LogP contribution in [0.3, 0.4) is 0 Å². The van der Waals surface area contributed by atoms with Crippen LogP contribution in [0.2, 0.25) is 0 Å². The van der Waals surface area contributed by atoms with Gasteiger partial charge in [-0.2, -0.15) is 0 Å². The van der Waals surface area contributed by atoms with Gasteiger partial charge in [0.15, 0.2) is 5.76 Å². The Labute approximate surface area is 297 Å². The second-order valence-electron chi connectivity index (χ2n) is 12.5. The maximum Gasteiger partial charge on any atom is 0.248 e. The van der Waals surface area contributed by atoms with E-state index in [0.717, 1.165) is 36.8 Å². The normalized spacial score (nSPS) is 17.1. The average Bonchev–Trinajstić information content (AvgIpc) is 3.91. The number of benzene rings is 2. The molecule has 2 unspecified atom stereocenters. The molecule has 14 nitrogen and oxygen atoms in total. The van der Waals surface area contributed by atoms with Crippen molar-refractivity contribution in [3.63, 3.8) is 0 Å². The number of oxazole rings is 1. The Morgan fingerprint density at radius 1 is 0.706 bits per heavy atom. The Bertz CT molecular complexity index is 1480. The van der Waals surface area contributed by atoms with E-state index in [-0.39, 0.29) is 61.8 Å². The van der Waals surface area contributed by atoms with Gasteiger partial charge >= 0.3 is 0 Å². The van der Waals surface area contributed by atoms with Crippen molar-refractivity contribution in [2.24, 2.45) is 0 Å². The molecule has 4 amide bonds. The minimum Gasteiger partial charge on any atom is -0.436 e. The Balaban J connectivity index is 1.08. The molecule has 2 saturated heterocycles. The quantitative estimate of drug-likeness (QED) is 0.185. The van der Waals surface area contributed by atoms with Crippen molar-refractivity contribution in [3.8, 4) is 22.8 Å². The van der Waals surface area contributed by atoms with Gasteiger partial charge in [-0.25, -0.2) is 4.98 Å². The minimum absolute atomic E-state index is 0.0197. The van der Waals surface area contributed by atoms with E-state index in [1.165, 1.54) is 0 Å². The Morgan fingerprint density at radius 2 is 1.18 bits per heavy atom. The van der Waals surface area contributed by atoms with Crippen LogP contribution in [-0.2, 0) is 38.1 Å². The monoisotopic (exact) mass is 705 g/mol. The van der Waals surface area contributed by atoms with Gasteiger partial charge in [-0.3, -0.25) is 19.2 Å². The smallest absolute Gasteiger partial charge is 0.248 e. The standard InChI is InChI=1S/C37H47N5O9/c1-47-17-19-49-24-35(45)41-15-3-5-30(41)21-33(43)39-28-11-7-26(8-12-28)32-23-38-37(51-32)27-9-13-29(14-10-27)40-34(44)22-31-6-4-16-42(31)36(46)25-50-20-18-48-2/h7-14,23,30-31H,3-6,15-22,24-25H2,1-2H3,(H,39,43)(H,40,44). The van der Waals surface area contributed by atoms with Gasteiger partial charge in [-0.1, -0.05) is 0 Å². The number of carbonyl (C=O) groups is 4. The topological polar surface area (TPSA) is 162 Å². The summed E-state index contributed by atoms with van der Waals surface area (Å²) in [6, 6.07) is 14.2. The molecule has 0 radical (unpaired) electrons. The van der Waals surface area contributed by atoms with Gasteiger partial charge in [-0.05, 0) is 74.2 Å². The summed E-state index contributed by atoms with van der Waals surface area (Å²) in [4.78, 5) is 58.7. The fraction of sp³-hybridized carbons (Fsp3) is 0.486. The molecule has 0 aliphatic carbocycles. The number of ether oxygens (including phenoxy) is 4. The van der Waals surface area contributed by atoms with E-state index in [9.17, 15) is 19.2 Å². The molecule has 1 aromatic heterocycles. The number of methoxy groups -OCH3 is 2. The van der Waals surface area contributed by atoms with E-state index in [1.54, 1.807) is 54.5 Å². The highest BCUT2D eigenvalue weighted by Crippen LogP contribution is 2.29. The molecule has 3 heterocycles. The Hall–Kier alpha value is -4.63. The number of hydrogen-bond donors (Lipinski definition) is 2. The van der Waals surface area contributed by atoms with Crippen LogP contribution in [0.25, 0.3) is 22.8 Å². The average molecular weight is 706 g/mol. The molecule has 0 spiro atoms. The minimum atomic E-state index is -0.166. The van der Waals surface area contributed by atoms with Crippen LogP contribution in [0.4, 0.5) is 11.4 Å². The molecule has 14 heteroatoms. The number of hydrogen-bond acceptors (Lipinski definition) is 10. The predicted molar refractivity (Wildman–Crippen MR) is 189 cm³/mol. The second-order valence-corrected chi connectivity index (χ2v) is 12.5. The lowest BCUT2D eigenvalue weighted by Crippen LogP contribution is -2.40. The summed E-state index contributed by atoms with van der Waals surface area (Å²) in [6.45, 7) is 2.74. The first kappa shape index (κ1) is 37.6. The van der Waals surface area contributed by atoms with Gasteiger partial charge < -0.3 is 43.8 Å². The van der Waals surface area contributed by atoms with Crippen molar-refractivity contribution in [3.05, 3.63) is 54.7 Å². The highest BCUT2D eigenvalue weighted by molar-refractivity contribution is 5.92. The number of nitrogens with zero attached hydrogens (tertiary/aromatic N) is 3. The summed E-state index contributed by atoms with van der Waals surface area (Å²) in [5.41, 5.74) is 2.80. The van der Waals surface area contributed by atoms with Crippen molar-refractivity contribution >= 4 is 35.0 Å². The predicted octanol–water partition coefficient (Wildman–Crippen LogP) is 3.97. The van der Waals surface area contributed by atoms with Crippen molar-refractivity contribution in [2.75, 3.05) is 77.6 Å². The molecule has 5 rings (SSSR count). The maximum absolute atomic E-state index is 12.8. The van der Waals surface area contributed by atoms with Crippen LogP contribution in [0.5, 0.6) is 0 Å². The number of carbonyl (C=O) groups excluding carboxylic acids is 4. The largest absolute Gasteiger partial charge is 0.436 e. The highest BCUT2D eigenvalue weighted by atomic mass is 16.5. The first-order chi connectivity index (χ1) is 24.8. The molecule has 0 saturated carbocycles. The molecule has 2 aliphatic rings. The molecule has 2 atom stereocenters. The van der Waals surface area contributed by atoms with Crippen molar-refractivity contribution < 1.29 is 42.5 Å². The zero-order valence-electron chi connectivity index (χ0n) is 29.3. The number of aromatic nitrogens is 1. The van der Waals surface area contributed by atoms with Crippen LogP contribution < -0.4 is 10.6 Å². The van der Waals surface area contributed by atoms with Crippen LogP contribution >= 0.6 is 0 Å².